The lowest BCUT2D eigenvalue weighted by Crippen LogP contribution is -2.37. The highest BCUT2D eigenvalue weighted by atomic mass is 32.2. The van der Waals surface area contributed by atoms with Crippen molar-refractivity contribution < 1.29 is 4.21 Å². The van der Waals surface area contributed by atoms with Crippen LogP contribution >= 0.6 is 0 Å². The van der Waals surface area contributed by atoms with Crippen LogP contribution in [0.4, 0.5) is 5.82 Å². The molecular weight excluding hydrogens is 212 g/mol. The van der Waals surface area contributed by atoms with E-state index in [0.717, 1.165) is 37.0 Å². The number of aromatic nitrogens is 2. The monoisotopic (exact) mass is 228 g/mol. The molecule has 0 atom stereocenters. The van der Waals surface area contributed by atoms with Gasteiger partial charge in [-0.15, -0.1) is 0 Å². The minimum Gasteiger partial charge on any atom is -0.373 e. The van der Waals surface area contributed by atoms with Crippen LogP contribution in [0, 0.1) is 0 Å². The van der Waals surface area contributed by atoms with Gasteiger partial charge >= 0.3 is 0 Å². The SMILES string of the molecule is CNc1[nH]ncc1CN1CCS(=O)CC1. The van der Waals surface area contributed by atoms with Crippen molar-refractivity contribution in [1.82, 2.24) is 15.1 Å². The van der Waals surface area contributed by atoms with E-state index < -0.39 is 10.8 Å². The summed E-state index contributed by atoms with van der Waals surface area (Å²) in [5.41, 5.74) is 1.17. The third-order valence-corrected chi connectivity index (χ3v) is 3.91. The second kappa shape index (κ2) is 4.76. The van der Waals surface area contributed by atoms with Crippen LogP contribution in [0.25, 0.3) is 0 Å². The molecule has 0 radical (unpaired) electrons. The first-order valence-electron chi connectivity index (χ1n) is 5.07. The molecule has 1 aliphatic heterocycles. The normalized spacial score (nSPS) is 19.3. The molecule has 15 heavy (non-hydrogen) atoms. The van der Waals surface area contributed by atoms with Crippen molar-refractivity contribution in [2.75, 3.05) is 37.0 Å². The molecule has 0 unspecified atom stereocenters. The predicted octanol–water partition coefficient (Wildman–Crippen LogP) is 0.0157. The largest absolute Gasteiger partial charge is 0.373 e. The molecule has 6 heteroatoms. The van der Waals surface area contributed by atoms with Gasteiger partial charge in [0.1, 0.15) is 5.82 Å². The standard InChI is InChI=1S/C9H16N4OS/c1-10-9-8(6-11-12-9)7-13-2-4-15(14)5-3-13/h6H,2-5,7H2,1H3,(H2,10,11,12). The summed E-state index contributed by atoms with van der Waals surface area (Å²) >= 11 is 0. The van der Waals surface area contributed by atoms with Gasteiger partial charge in [0.05, 0.1) is 6.20 Å². The van der Waals surface area contributed by atoms with Crippen molar-refractivity contribution in [3.63, 3.8) is 0 Å². The maximum atomic E-state index is 11.2. The lowest BCUT2D eigenvalue weighted by Gasteiger charge is -2.25. The summed E-state index contributed by atoms with van der Waals surface area (Å²) in [6, 6.07) is 0. The Balaban J connectivity index is 1.94. The number of hydrogen-bond acceptors (Lipinski definition) is 4. The highest BCUT2D eigenvalue weighted by Gasteiger charge is 2.16. The smallest absolute Gasteiger partial charge is 0.125 e. The van der Waals surface area contributed by atoms with Crippen LogP contribution in [-0.2, 0) is 17.3 Å². The number of nitrogens with one attached hydrogen (secondary N) is 2. The van der Waals surface area contributed by atoms with Gasteiger partial charge in [0, 0.05) is 54.6 Å². The van der Waals surface area contributed by atoms with Gasteiger partial charge in [-0.25, -0.2) is 0 Å². The zero-order chi connectivity index (χ0) is 10.7. The summed E-state index contributed by atoms with van der Waals surface area (Å²) in [6.07, 6.45) is 1.84. The molecule has 0 aromatic carbocycles. The van der Waals surface area contributed by atoms with Crippen molar-refractivity contribution in [3.8, 4) is 0 Å². The molecule has 1 aromatic heterocycles. The van der Waals surface area contributed by atoms with Gasteiger partial charge in [-0.1, -0.05) is 0 Å². The fourth-order valence-electron chi connectivity index (χ4n) is 1.72. The Morgan fingerprint density at radius 2 is 2.33 bits per heavy atom. The average molecular weight is 228 g/mol. The van der Waals surface area contributed by atoms with Crippen LogP contribution < -0.4 is 5.32 Å². The lowest BCUT2D eigenvalue weighted by atomic mass is 10.3. The fraction of sp³-hybridized carbons (Fsp3) is 0.667. The molecule has 2 N–H and O–H groups in total. The second-order valence-electron chi connectivity index (χ2n) is 3.64. The molecule has 5 nitrogen and oxygen atoms in total. The van der Waals surface area contributed by atoms with Gasteiger partial charge in [-0.05, 0) is 0 Å². The summed E-state index contributed by atoms with van der Waals surface area (Å²) < 4.78 is 11.2. The Bertz CT molecular complexity index is 342. The van der Waals surface area contributed by atoms with E-state index >= 15 is 0 Å². The molecule has 0 amide bonds. The van der Waals surface area contributed by atoms with Gasteiger partial charge in [0.15, 0.2) is 0 Å². The maximum absolute atomic E-state index is 11.2. The van der Waals surface area contributed by atoms with Gasteiger partial charge in [0.2, 0.25) is 0 Å². The van der Waals surface area contributed by atoms with E-state index in [9.17, 15) is 4.21 Å². The first-order chi connectivity index (χ1) is 7.29. The van der Waals surface area contributed by atoms with Gasteiger partial charge in [0.25, 0.3) is 0 Å². The zero-order valence-corrected chi connectivity index (χ0v) is 9.64. The van der Waals surface area contributed by atoms with Crippen molar-refractivity contribution in [2.45, 2.75) is 6.54 Å². The Labute approximate surface area is 91.7 Å². The molecule has 1 saturated heterocycles. The zero-order valence-electron chi connectivity index (χ0n) is 8.82. The quantitative estimate of drug-likeness (QED) is 0.765. The third kappa shape index (κ3) is 2.57. The van der Waals surface area contributed by atoms with E-state index in [2.05, 4.69) is 20.4 Å². The minimum absolute atomic E-state index is 0.597. The number of rotatable bonds is 3. The highest BCUT2D eigenvalue weighted by molar-refractivity contribution is 7.85. The lowest BCUT2D eigenvalue weighted by molar-refractivity contribution is 0.292. The second-order valence-corrected chi connectivity index (χ2v) is 5.34. The summed E-state index contributed by atoms with van der Waals surface area (Å²) in [6.45, 7) is 2.71. The van der Waals surface area contributed by atoms with E-state index in [4.69, 9.17) is 0 Å². The van der Waals surface area contributed by atoms with Gasteiger partial charge in [-0.3, -0.25) is 14.2 Å². The van der Waals surface area contributed by atoms with Crippen LogP contribution in [0.15, 0.2) is 6.20 Å². The van der Waals surface area contributed by atoms with Gasteiger partial charge in [-0.2, -0.15) is 5.10 Å². The predicted molar refractivity (Wildman–Crippen MR) is 61.3 cm³/mol. The van der Waals surface area contributed by atoms with E-state index in [-0.39, 0.29) is 0 Å². The number of H-pyrrole nitrogens is 1. The first-order valence-corrected chi connectivity index (χ1v) is 6.55. The molecule has 0 saturated carbocycles. The Hall–Kier alpha value is -0.880. The average Bonchev–Trinajstić information content (AvgIpc) is 2.69. The highest BCUT2D eigenvalue weighted by Crippen LogP contribution is 2.14. The number of aromatic amines is 1. The summed E-state index contributed by atoms with van der Waals surface area (Å²) in [4.78, 5) is 2.31. The van der Waals surface area contributed by atoms with Crippen LogP contribution in [0.2, 0.25) is 0 Å². The molecule has 0 aliphatic carbocycles. The van der Waals surface area contributed by atoms with E-state index in [1.165, 1.54) is 5.56 Å². The summed E-state index contributed by atoms with van der Waals surface area (Å²) in [5.74, 6) is 2.57. The molecule has 1 aliphatic rings. The topological polar surface area (TPSA) is 61.0 Å². The first kappa shape index (κ1) is 10.6. The molecule has 1 aromatic rings. The van der Waals surface area contributed by atoms with E-state index in [1.807, 2.05) is 13.2 Å². The van der Waals surface area contributed by atoms with Crippen molar-refractivity contribution in [3.05, 3.63) is 11.8 Å². The van der Waals surface area contributed by atoms with Crippen molar-refractivity contribution in [2.24, 2.45) is 0 Å². The molecule has 0 bridgehead atoms. The number of hydrogen-bond donors (Lipinski definition) is 2. The van der Waals surface area contributed by atoms with E-state index in [0.29, 0.717) is 0 Å². The number of anilines is 1. The van der Waals surface area contributed by atoms with Crippen LogP contribution in [0.5, 0.6) is 0 Å². The third-order valence-electron chi connectivity index (χ3n) is 2.63. The minimum atomic E-state index is -0.597. The molecule has 1 fully saturated rings. The van der Waals surface area contributed by atoms with Gasteiger partial charge < -0.3 is 5.32 Å². The number of nitrogens with zero attached hydrogens (tertiary/aromatic N) is 2. The summed E-state index contributed by atoms with van der Waals surface area (Å²) in [5, 5.41) is 9.97. The Morgan fingerprint density at radius 1 is 1.60 bits per heavy atom. The van der Waals surface area contributed by atoms with Crippen LogP contribution in [0.3, 0.4) is 0 Å². The fourth-order valence-corrected chi connectivity index (χ4v) is 2.85. The maximum Gasteiger partial charge on any atom is 0.125 e. The van der Waals surface area contributed by atoms with Crippen LogP contribution in [0.1, 0.15) is 5.56 Å². The molecule has 84 valence electrons. The molecule has 2 heterocycles. The van der Waals surface area contributed by atoms with Crippen LogP contribution in [-0.4, -0.2) is 50.9 Å². The molecule has 0 spiro atoms. The van der Waals surface area contributed by atoms with Crippen molar-refractivity contribution in [1.29, 1.82) is 0 Å². The summed E-state index contributed by atoms with van der Waals surface area (Å²) in [7, 11) is 1.28. The molecule has 2 rings (SSSR count). The Kier molecular flexibility index (Phi) is 3.37. The van der Waals surface area contributed by atoms with E-state index in [1.54, 1.807) is 0 Å². The van der Waals surface area contributed by atoms with Crippen molar-refractivity contribution >= 4 is 16.6 Å². The molecular formula is C9H16N4OS. The Morgan fingerprint density at radius 3 is 3.00 bits per heavy atom.